The lowest BCUT2D eigenvalue weighted by Crippen LogP contribution is -2.20. The van der Waals surface area contributed by atoms with Gasteiger partial charge in [0.05, 0.1) is 16.3 Å². The van der Waals surface area contributed by atoms with Crippen LogP contribution in [-0.2, 0) is 0 Å². The van der Waals surface area contributed by atoms with E-state index in [4.69, 9.17) is 4.74 Å². The molecule has 0 aliphatic rings. The van der Waals surface area contributed by atoms with Crippen molar-refractivity contribution in [2.45, 2.75) is 0 Å². The Morgan fingerprint density at radius 1 is 1.20 bits per heavy atom. The SMILES string of the molecule is COc1ccc(C(=O)/C=c2\[nH]c(=O)/c(=C\c3cccc(F)c3)s2)cc1. The van der Waals surface area contributed by atoms with Crippen molar-refractivity contribution in [2.24, 2.45) is 0 Å². The highest BCUT2D eigenvalue weighted by Gasteiger charge is 2.04. The molecule has 2 aromatic carbocycles. The number of aromatic nitrogens is 1. The van der Waals surface area contributed by atoms with Crippen molar-refractivity contribution in [2.75, 3.05) is 7.11 Å². The average molecular weight is 355 g/mol. The van der Waals surface area contributed by atoms with E-state index in [1.165, 1.54) is 18.2 Å². The van der Waals surface area contributed by atoms with Crippen molar-refractivity contribution in [3.8, 4) is 5.75 Å². The third kappa shape index (κ3) is 4.10. The Labute approximate surface area is 146 Å². The average Bonchev–Trinajstić information content (AvgIpc) is 2.94. The number of benzene rings is 2. The van der Waals surface area contributed by atoms with Crippen LogP contribution in [0.4, 0.5) is 4.39 Å². The fraction of sp³-hybridized carbons (Fsp3) is 0.0526. The van der Waals surface area contributed by atoms with Crippen molar-refractivity contribution in [1.82, 2.24) is 4.98 Å². The topological polar surface area (TPSA) is 59.2 Å². The van der Waals surface area contributed by atoms with Crippen LogP contribution in [0.25, 0.3) is 12.2 Å². The number of ketones is 1. The molecule has 0 amide bonds. The van der Waals surface area contributed by atoms with Gasteiger partial charge in [-0.3, -0.25) is 9.59 Å². The van der Waals surface area contributed by atoms with Crippen LogP contribution < -0.4 is 19.5 Å². The van der Waals surface area contributed by atoms with Crippen molar-refractivity contribution < 1.29 is 13.9 Å². The van der Waals surface area contributed by atoms with Gasteiger partial charge in [-0.1, -0.05) is 12.1 Å². The third-order valence-corrected chi connectivity index (χ3v) is 4.43. The maximum absolute atomic E-state index is 13.2. The normalized spacial score (nSPS) is 12.4. The molecule has 0 bridgehead atoms. The van der Waals surface area contributed by atoms with Gasteiger partial charge in [-0.25, -0.2) is 4.39 Å². The molecule has 0 fully saturated rings. The molecule has 3 aromatic rings. The highest BCUT2D eigenvalue weighted by molar-refractivity contribution is 7.07. The standard InChI is InChI=1S/C19H14FNO3S/c1-24-15-7-5-13(6-8-15)16(22)11-18-21-19(23)17(25-18)10-12-3-2-4-14(20)9-12/h2-11H,1H3,(H,21,23)/b17-10+,18-11+. The lowest BCUT2D eigenvalue weighted by molar-refractivity contribution is 0.106. The number of H-pyrrole nitrogens is 1. The number of rotatable bonds is 4. The van der Waals surface area contributed by atoms with E-state index in [-0.39, 0.29) is 17.2 Å². The number of carbonyl (C=O) groups excluding carboxylic acids is 1. The smallest absolute Gasteiger partial charge is 0.266 e. The van der Waals surface area contributed by atoms with Gasteiger partial charge >= 0.3 is 0 Å². The van der Waals surface area contributed by atoms with Gasteiger partial charge in [0.15, 0.2) is 5.78 Å². The number of carbonyl (C=O) groups is 1. The maximum Gasteiger partial charge on any atom is 0.266 e. The fourth-order valence-electron chi connectivity index (χ4n) is 2.23. The van der Waals surface area contributed by atoms with E-state index >= 15 is 0 Å². The molecule has 25 heavy (non-hydrogen) atoms. The van der Waals surface area contributed by atoms with E-state index in [1.54, 1.807) is 49.6 Å². The van der Waals surface area contributed by atoms with Gasteiger partial charge in [-0.05, 0) is 48.0 Å². The Morgan fingerprint density at radius 3 is 2.64 bits per heavy atom. The van der Waals surface area contributed by atoms with Gasteiger partial charge in [-0.2, -0.15) is 0 Å². The van der Waals surface area contributed by atoms with Crippen LogP contribution in [0.5, 0.6) is 5.75 Å². The predicted octanol–water partition coefficient (Wildman–Crippen LogP) is 2.08. The molecule has 3 rings (SSSR count). The van der Waals surface area contributed by atoms with E-state index < -0.39 is 0 Å². The Morgan fingerprint density at radius 2 is 1.96 bits per heavy atom. The molecular formula is C19H14FNO3S. The summed E-state index contributed by atoms with van der Waals surface area (Å²) in [7, 11) is 1.55. The van der Waals surface area contributed by atoms with Crippen LogP contribution in [0.2, 0.25) is 0 Å². The number of nitrogens with one attached hydrogen (secondary N) is 1. The minimum Gasteiger partial charge on any atom is -0.497 e. The molecule has 0 unspecified atom stereocenters. The van der Waals surface area contributed by atoms with Crippen molar-refractivity contribution in [3.05, 3.63) is 85.0 Å². The zero-order chi connectivity index (χ0) is 17.8. The fourth-order valence-corrected chi connectivity index (χ4v) is 3.12. The Hall–Kier alpha value is -2.99. The van der Waals surface area contributed by atoms with Crippen LogP contribution in [0.3, 0.4) is 0 Å². The van der Waals surface area contributed by atoms with Crippen molar-refractivity contribution in [3.63, 3.8) is 0 Å². The van der Waals surface area contributed by atoms with E-state index in [1.807, 2.05) is 0 Å². The first kappa shape index (κ1) is 16.9. The highest BCUT2D eigenvalue weighted by Crippen LogP contribution is 2.12. The molecule has 1 aromatic heterocycles. The van der Waals surface area contributed by atoms with Gasteiger partial charge in [0.25, 0.3) is 5.56 Å². The highest BCUT2D eigenvalue weighted by atomic mass is 32.1. The molecule has 0 atom stereocenters. The largest absolute Gasteiger partial charge is 0.497 e. The summed E-state index contributed by atoms with van der Waals surface area (Å²) < 4.78 is 19.1. The summed E-state index contributed by atoms with van der Waals surface area (Å²) in [5, 5.41) is 0. The Balaban J connectivity index is 1.94. The van der Waals surface area contributed by atoms with Gasteiger partial charge in [-0.15, -0.1) is 11.3 Å². The number of thiazole rings is 1. The second-order valence-electron chi connectivity index (χ2n) is 5.22. The summed E-state index contributed by atoms with van der Waals surface area (Å²) in [6.07, 6.45) is 2.96. The third-order valence-electron chi connectivity index (χ3n) is 3.46. The number of aromatic amines is 1. The lowest BCUT2D eigenvalue weighted by Gasteiger charge is -1.99. The second kappa shape index (κ2) is 7.27. The molecule has 0 spiro atoms. The molecule has 1 heterocycles. The first-order valence-electron chi connectivity index (χ1n) is 7.42. The summed E-state index contributed by atoms with van der Waals surface area (Å²) in [5.74, 6) is 0.0636. The van der Waals surface area contributed by atoms with Gasteiger partial charge in [0.2, 0.25) is 0 Å². The Bertz CT molecular complexity index is 1080. The monoisotopic (exact) mass is 355 g/mol. The van der Waals surface area contributed by atoms with Gasteiger partial charge in [0, 0.05) is 11.6 Å². The number of hydrogen-bond donors (Lipinski definition) is 1. The molecule has 0 saturated heterocycles. The molecule has 0 radical (unpaired) electrons. The molecule has 1 N–H and O–H groups in total. The summed E-state index contributed by atoms with van der Waals surface area (Å²) in [6.45, 7) is 0. The summed E-state index contributed by atoms with van der Waals surface area (Å²) in [5.41, 5.74) is 0.758. The first-order valence-corrected chi connectivity index (χ1v) is 8.23. The summed E-state index contributed by atoms with van der Waals surface area (Å²) >= 11 is 1.14. The van der Waals surface area contributed by atoms with Crippen LogP contribution >= 0.6 is 11.3 Å². The minimum absolute atomic E-state index is 0.225. The second-order valence-corrected chi connectivity index (χ2v) is 6.30. The van der Waals surface area contributed by atoms with Crippen LogP contribution in [0.15, 0.2) is 53.3 Å². The van der Waals surface area contributed by atoms with Gasteiger partial charge in [0.1, 0.15) is 11.6 Å². The number of methoxy groups -OCH3 is 1. The molecule has 0 aliphatic carbocycles. The van der Waals surface area contributed by atoms with E-state index in [2.05, 4.69) is 4.98 Å². The quantitative estimate of drug-likeness (QED) is 0.729. The number of Topliss-reactive ketones (excluding diaryl/α,β-unsaturated/α-hetero) is 1. The van der Waals surface area contributed by atoms with E-state index in [0.29, 0.717) is 26.1 Å². The van der Waals surface area contributed by atoms with Crippen molar-refractivity contribution >= 4 is 29.3 Å². The van der Waals surface area contributed by atoms with Crippen LogP contribution in [0.1, 0.15) is 15.9 Å². The van der Waals surface area contributed by atoms with Crippen molar-refractivity contribution in [1.29, 1.82) is 0 Å². The Kier molecular flexibility index (Phi) is 4.90. The zero-order valence-corrected chi connectivity index (χ0v) is 14.1. The lowest BCUT2D eigenvalue weighted by atomic mass is 10.1. The molecule has 0 saturated carbocycles. The van der Waals surface area contributed by atoms with E-state index in [9.17, 15) is 14.0 Å². The summed E-state index contributed by atoms with van der Waals surface area (Å²) in [6, 6.07) is 12.7. The maximum atomic E-state index is 13.2. The van der Waals surface area contributed by atoms with Gasteiger partial charge < -0.3 is 9.72 Å². The van der Waals surface area contributed by atoms with Crippen LogP contribution in [0, 0.1) is 5.82 Å². The molecular weight excluding hydrogens is 341 g/mol. The first-order chi connectivity index (χ1) is 12.0. The molecule has 6 heteroatoms. The van der Waals surface area contributed by atoms with E-state index in [0.717, 1.165) is 11.3 Å². The predicted molar refractivity (Wildman–Crippen MR) is 95.9 cm³/mol. The molecule has 0 aliphatic heterocycles. The number of halogens is 1. The molecule has 4 nitrogen and oxygen atoms in total. The number of hydrogen-bond acceptors (Lipinski definition) is 4. The molecule has 126 valence electrons. The number of ether oxygens (including phenoxy) is 1. The minimum atomic E-state index is -0.372. The zero-order valence-electron chi connectivity index (χ0n) is 13.3. The summed E-state index contributed by atoms with van der Waals surface area (Å²) in [4.78, 5) is 26.9. The van der Waals surface area contributed by atoms with Crippen LogP contribution in [-0.4, -0.2) is 17.9 Å².